The molecule has 0 aromatic heterocycles. The third-order valence-electron chi connectivity index (χ3n) is 19.0. The van der Waals surface area contributed by atoms with Gasteiger partial charge in [-0.25, -0.2) is 4.39 Å². The van der Waals surface area contributed by atoms with Gasteiger partial charge in [-0.3, -0.25) is 19.2 Å². The lowest BCUT2D eigenvalue weighted by Crippen LogP contribution is -2.61. The first kappa shape index (κ1) is 43.2. The highest BCUT2D eigenvalue weighted by Gasteiger charge is 2.67. The third kappa shape index (κ3) is 7.25. The molecule has 8 nitrogen and oxygen atoms in total. The fourth-order valence-electron chi connectivity index (χ4n) is 15.7. The summed E-state index contributed by atoms with van der Waals surface area (Å²) >= 11 is 0. The molecule has 7 fully saturated rings. The first-order valence-corrected chi connectivity index (χ1v) is 24.5. The molecule has 9 heteroatoms. The number of piperidine rings is 1. The standard InChI is InChI=1S/C52H73FN2O6/c1-31(2)45-42(56)28-52(49(59)55-24-10-13-36(55)29-54-25-19-35(53)20-26-54)23-17-41-37(46(45)52)14-15-44-50(5)22-18-43(33(4)40(50)16-21-51(41,44)6)61-48(58)39-27-38(32(39)3)47(57)60-30-34-11-8-7-9-12-34/h7-9,11-12,31-33,35-41,43-44H,10,13-30H2,1-6H3. The van der Waals surface area contributed by atoms with Crippen molar-refractivity contribution >= 4 is 23.6 Å². The van der Waals surface area contributed by atoms with E-state index in [0.717, 1.165) is 102 Å². The molecule has 0 radical (unpaired) electrons. The van der Waals surface area contributed by atoms with Gasteiger partial charge in [0.15, 0.2) is 5.78 Å². The summed E-state index contributed by atoms with van der Waals surface area (Å²) in [4.78, 5) is 60.6. The number of amides is 1. The number of nitrogens with zero attached hydrogens (tertiary/aromatic N) is 2. The first-order chi connectivity index (χ1) is 29.2. The number of likely N-dealkylation sites (tertiary alicyclic amines) is 2. The van der Waals surface area contributed by atoms with Crippen LogP contribution in [0, 0.1) is 69.5 Å². The zero-order valence-electron chi connectivity index (χ0n) is 38.0. The summed E-state index contributed by atoms with van der Waals surface area (Å²) in [5.74, 6) is 1.44. The van der Waals surface area contributed by atoms with Crippen LogP contribution in [-0.4, -0.2) is 77.9 Å². The van der Waals surface area contributed by atoms with Crippen LogP contribution in [0.3, 0.4) is 0 Å². The number of carbonyl (C=O) groups excluding carboxylic acids is 4. The van der Waals surface area contributed by atoms with Crippen molar-refractivity contribution in [3.8, 4) is 0 Å². The number of allylic oxidation sites excluding steroid dienone is 1. The van der Waals surface area contributed by atoms with E-state index < -0.39 is 11.6 Å². The smallest absolute Gasteiger partial charge is 0.309 e. The minimum Gasteiger partial charge on any atom is -0.462 e. The van der Waals surface area contributed by atoms with E-state index in [-0.39, 0.29) is 88.7 Å². The summed E-state index contributed by atoms with van der Waals surface area (Å²) in [7, 11) is 0. The van der Waals surface area contributed by atoms with Crippen LogP contribution >= 0.6 is 0 Å². The molecule has 6 aliphatic carbocycles. The van der Waals surface area contributed by atoms with Crippen molar-refractivity contribution in [3.05, 3.63) is 47.0 Å². The van der Waals surface area contributed by atoms with Crippen LogP contribution in [0.15, 0.2) is 41.5 Å². The summed E-state index contributed by atoms with van der Waals surface area (Å²) in [6.45, 7) is 17.1. The van der Waals surface area contributed by atoms with Crippen LogP contribution in [0.25, 0.3) is 0 Å². The van der Waals surface area contributed by atoms with Crippen LogP contribution < -0.4 is 0 Å². The number of ether oxygens (including phenoxy) is 2. The Hall–Kier alpha value is -3.07. The largest absolute Gasteiger partial charge is 0.462 e. The Bertz CT molecular complexity index is 1890. The maximum absolute atomic E-state index is 15.2. The molecule has 8 aliphatic rings. The van der Waals surface area contributed by atoms with Gasteiger partial charge in [-0.05, 0) is 152 Å². The molecule has 13 unspecified atom stereocenters. The molecule has 334 valence electrons. The highest BCUT2D eigenvalue weighted by molar-refractivity contribution is 6.07. The number of benzene rings is 1. The zero-order chi connectivity index (χ0) is 43.0. The first-order valence-electron chi connectivity index (χ1n) is 24.5. The summed E-state index contributed by atoms with van der Waals surface area (Å²) in [6, 6.07) is 9.84. The fraction of sp³-hybridized carbons (Fsp3) is 0.769. The summed E-state index contributed by atoms with van der Waals surface area (Å²) in [6.07, 6.45) is 11.2. The molecule has 2 saturated heterocycles. The van der Waals surface area contributed by atoms with Crippen LogP contribution in [-0.2, 0) is 35.3 Å². The normalized spacial score (nSPS) is 41.4. The van der Waals surface area contributed by atoms with Gasteiger partial charge in [0.2, 0.25) is 5.91 Å². The van der Waals surface area contributed by atoms with Crippen LogP contribution in [0.5, 0.6) is 0 Å². The number of ketones is 1. The van der Waals surface area contributed by atoms with Gasteiger partial charge >= 0.3 is 11.9 Å². The number of fused-ring (bicyclic) bond motifs is 7. The molecule has 5 saturated carbocycles. The molecular formula is C52H73FN2O6. The van der Waals surface area contributed by atoms with E-state index >= 15 is 4.79 Å². The van der Waals surface area contributed by atoms with Gasteiger partial charge in [-0.1, -0.05) is 71.9 Å². The van der Waals surface area contributed by atoms with E-state index in [1.165, 1.54) is 5.57 Å². The van der Waals surface area contributed by atoms with Gasteiger partial charge in [0, 0.05) is 38.6 Å². The van der Waals surface area contributed by atoms with Gasteiger partial charge < -0.3 is 19.3 Å². The predicted molar refractivity (Wildman–Crippen MR) is 232 cm³/mol. The molecule has 0 bridgehead atoms. The Kier molecular flexibility index (Phi) is 11.7. The van der Waals surface area contributed by atoms with Gasteiger partial charge in [-0.15, -0.1) is 0 Å². The number of carbonyl (C=O) groups is 4. The molecule has 0 spiro atoms. The van der Waals surface area contributed by atoms with E-state index in [1.807, 2.05) is 37.3 Å². The topological polar surface area (TPSA) is 93.2 Å². The van der Waals surface area contributed by atoms with Crippen LogP contribution in [0.2, 0.25) is 0 Å². The molecule has 1 aromatic rings. The number of hydrogen-bond acceptors (Lipinski definition) is 7. The molecule has 9 rings (SSSR count). The SMILES string of the molecule is CC(C)C1=C2C3CCC4C(C)(CCC5C(C)C(OC(=O)C6CC(C(=O)OCc7ccccc7)C6C)CCC54C)C3CCC2(C(=O)N2CCCC2CN2CCC(F)CC2)CC1=O. The number of halogens is 1. The second-order valence-corrected chi connectivity index (χ2v) is 22.2. The number of rotatable bonds is 9. The second kappa shape index (κ2) is 16.5. The zero-order valence-corrected chi connectivity index (χ0v) is 38.0. The summed E-state index contributed by atoms with van der Waals surface area (Å²) < 4.78 is 26.1. The van der Waals surface area contributed by atoms with E-state index in [9.17, 15) is 18.8 Å². The van der Waals surface area contributed by atoms with Crippen molar-refractivity contribution in [2.75, 3.05) is 26.2 Å². The molecular weight excluding hydrogens is 768 g/mol. The average molecular weight is 841 g/mol. The van der Waals surface area contributed by atoms with Gasteiger partial charge in [0.05, 0.1) is 17.3 Å². The molecule has 1 aromatic carbocycles. The molecule has 61 heavy (non-hydrogen) atoms. The molecule has 13 atom stereocenters. The van der Waals surface area contributed by atoms with Crippen molar-refractivity contribution in [1.82, 2.24) is 9.80 Å². The Morgan fingerprint density at radius 3 is 2.23 bits per heavy atom. The number of alkyl halides is 1. The lowest BCUT2D eigenvalue weighted by molar-refractivity contribution is -0.197. The van der Waals surface area contributed by atoms with Gasteiger partial charge in [0.25, 0.3) is 0 Å². The lowest BCUT2D eigenvalue weighted by atomic mass is 9.38. The number of hydrogen-bond donors (Lipinski definition) is 0. The van der Waals surface area contributed by atoms with Crippen molar-refractivity contribution < 1.29 is 33.0 Å². The Morgan fingerprint density at radius 2 is 1.51 bits per heavy atom. The van der Waals surface area contributed by atoms with Gasteiger partial charge in [-0.2, -0.15) is 0 Å². The van der Waals surface area contributed by atoms with Crippen molar-refractivity contribution in [1.29, 1.82) is 0 Å². The fourth-order valence-corrected chi connectivity index (χ4v) is 15.7. The minimum absolute atomic E-state index is 0.0900. The van der Waals surface area contributed by atoms with Crippen LogP contribution in [0.4, 0.5) is 4.39 Å². The van der Waals surface area contributed by atoms with Crippen LogP contribution in [0.1, 0.15) is 137 Å². The molecule has 0 N–H and O–H groups in total. The maximum Gasteiger partial charge on any atom is 0.309 e. The number of esters is 2. The highest BCUT2D eigenvalue weighted by Crippen LogP contribution is 2.72. The predicted octanol–water partition coefficient (Wildman–Crippen LogP) is 9.54. The van der Waals surface area contributed by atoms with Crippen molar-refractivity contribution in [3.63, 3.8) is 0 Å². The maximum atomic E-state index is 15.2. The van der Waals surface area contributed by atoms with E-state index in [4.69, 9.17) is 9.47 Å². The Morgan fingerprint density at radius 1 is 0.820 bits per heavy atom. The van der Waals surface area contributed by atoms with E-state index in [1.54, 1.807) is 0 Å². The summed E-state index contributed by atoms with van der Waals surface area (Å²) in [5.41, 5.74) is 2.69. The lowest BCUT2D eigenvalue weighted by Gasteiger charge is -2.67. The number of Topliss-reactive ketones (excluding diaryl/α,β-unsaturated/α-hetero) is 1. The van der Waals surface area contributed by atoms with Crippen molar-refractivity contribution in [2.24, 2.45) is 69.5 Å². The van der Waals surface area contributed by atoms with E-state index in [2.05, 4.69) is 44.4 Å². The minimum atomic E-state index is -0.715. The molecule has 2 aliphatic heterocycles. The molecule has 2 heterocycles. The summed E-state index contributed by atoms with van der Waals surface area (Å²) in [5, 5.41) is 0. The molecule has 1 amide bonds. The highest BCUT2D eigenvalue weighted by atomic mass is 19.1. The van der Waals surface area contributed by atoms with E-state index in [0.29, 0.717) is 43.4 Å². The average Bonchev–Trinajstić information content (AvgIpc) is 3.83. The second-order valence-electron chi connectivity index (χ2n) is 22.2. The Balaban J connectivity index is 0.873. The van der Waals surface area contributed by atoms with Crippen molar-refractivity contribution in [2.45, 2.75) is 156 Å². The van der Waals surface area contributed by atoms with Gasteiger partial charge in [0.1, 0.15) is 18.9 Å². The third-order valence-corrected chi connectivity index (χ3v) is 19.0. The monoisotopic (exact) mass is 841 g/mol. The Labute approximate surface area is 364 Å². The quantitative estimate of drug-likeness (QED) is 0.229.